The molecular formula is C37H23NS. The maximum absolute atomic E-state index is 4.82. The van der Waals surface area contributed by atoms with E-state index in [0.717, 1.165) is 10.9 Å². The van der Waals surface area contributed by atoms with Gasteiger partial charge in [-0.15, -0.1) is 11.3 Å². The second kappa shape index (κ2) is 8.90. The van der Waals surface area contributed by atoms with Crippen molar-refractivity contribution in [2.75, 3.05) is 0 Å². The Morgan fingerprint density at radius 2 is 1.00 bits per heavy atom. The summed E-state index contributed by atoms with van der Waals surface area (Å²) in [5.74, 6) is 0. The number of thiophene rings is 1. The Hall–Kier alpha value is -4.79. The lowest BCUT2D eigenvalue weighted by molar-refractivity contribution is 1.43. The molecule has 2 heterocycles. The number of aromatic nitrogens is 1. The Bertz CT molecular complexity index is 2170. The van der Waals surface area contributed by atoms with E-state index in [2.05, 4.69) is 127 Å². The second-order valence-corrected chi connectivity index (χ2v) is 10.9. The second-order valence-electron chi connectivity index (χ2n) is 9.92. The van der Waals surface area contributed by atoms with E-state index in [0.29, 0.717) is 0 Å². The zero-order valence-electron chi connectivity index (χ0n) is 21.1. The van der Waals surface area contributed by atoms with Gasteiger partial charge < -0.3 is 0 Å². The summed E-state index contributed by atoms with van der Waals surface area (Å²) >= 11 is 1.90. The summed E-state index contributed by atoms with van der Waals surface area (Å²) in [5.41, 5.74) is 8.56. The quantitative estimate of drug-likeness (QED) is 0.214. The van der Waals surface area contributed by atoms with Crippen molar-refractivity contribution in [2.24, 2.45) is 0 Å². The highest BCUT2D eigenvalue weighted by Crippen LogP contribution is 2.46. The highest BCUT2D eigenvalue weighted by molar-refractivity contribution is 7.26. The Morgan fingerprint density at radius 3 is 1.82 bits per heavy atom. The Kier molecular flexibility index (Phi) is 5.07. The van der Waals surface area contributed by atoms with E-state index in [4.69, 9.17) is 4.98 Å². The molecule has 0 fully saturated rings. The summed E-state index contributed by atoms with van der Waals surface area (Å²) in [6, 6.07) is 48.1. The highest BCUT2D eigenvalue weighted by Gasteiger charge is 2.17. The molecule has 0 saturated carbocycles. The zero-order valence-corrected chi connectivity index (χ0v) is 22.0. The van der Waals surface area contributed by atoms with E-state index in [1.54, 1.807) is 0 Å². The molecule has 0 N–H and O–H groups in total. The van der Waals surface area contributed by atoms with Crippen LogP contribution in [0.2, 0.25) is 0 Å². The van der Waals surface area contributed by atoms with Gasteiger partial charge in [0.2, 0.25) is 0 Å². The van der Waals surface area contributed by atoms with Gasteiger partial charge in [0.05, 0.1) is 5.52 Å². The van der Waals surface area contributed by atoms with Gasteiger partial charge in [-0.25, -0.2) is 0 Å². The predicted octanol–water partition coefficient (Wildman–Crippen LogP) is 10.8. The maximum Gasteiger partial charge on any atom is 0.0786 e. The molecule has 6 aromatic carbocycles. The molecule has 0 radical (unpaired) electrons. The van der Waals surface area contributed by atoms with Crippen molar-refractivity contribution >= 4 is 53.2 Å². The highest BCUT2D eigenvalue weighted by atomic mass is 32.1. The fourth-order valence-electron chi connectivity index (χ4n) is 5.97. The molecule has 0 aliphatic rings. The van der Waals surface area contributed by atoms with Crippen molar-refractivity contribution in [1.82, 2.24) is 4.98 Å². The fourth-order valence-corrected chi connectivity index (χ4v) is 7.33. The van der Waals surface area contributed by atoms with E-state index >= 15 is 0 Å². The largest absolute Gasteiger partial charge is 0.256 e. The Labute approximate surface area is 230 Å². The first-order valence-electron chi connectivity index (χ1n) is 13.2. The van der Waals surface area contributed by atoms with Gasteiger partial charge in [0.1, 0.15) is 0 Å². The molecule has 2 heteroatoms. The molecule has 0 bridgehead atoms. The van der Waals surface area contributed by atoms with Crippen molar-refractivity contribution in [1.29, 1.82) is 0 Å². The van der Waals surface area contributed by atoms with Crippen LogP contribution in [0.3, 0.4) is 0 Å². The maximum atomic E-state index is 4.82. The normalized spacial score (nSPS) is 11.6. The zero-order chi connectivity index (χ0) is 25.8. The molecule has 2 aromatic heterocycles. The van der Waals surface area contributed by atoms with E-state index in [-0.39, 0.29) is 0 Å². The average molecular weight is 514 g/mol. The minimum atomic E-state index is 1.05. The number of benzene rings is 6. The molecule has 0 unspecified atom stereocenters. The topological polar surface area (TPSA) is 12.9 Å². The standard InChI is InChI=1S/C37H23NS/c1-2-10-24(11-3-1)27-16-7-19-32-33-20-8-18-31(37(33)39-36(27)32)29-15-5-4-14-28(29)30-17-6-12-25-21-22-26-13-9-23-38-35(26)34(25)30/h1-23H. The van der Waals surface area contributed by atoms with E-state index in [9.17, 15) is 0 Å². The van der Waals surface area contributed by atoms with Crippen LogP contribution in [0.5, 0.6) is 0 Å². The molecule has 0 amide bonds. The van der Waals surface area contributed by atoms with Crippen molar-refractivity contribution in [3.05, 3.63) is 140 Å². The number of hydrogen-bond donors (Lipinski definition) is 0. The van der Waals surface area contributed by atoms with Gasteiger partial charge in [-0.3, -0.25) is 4.98 Å². The molecule has 8 aromatic rings. The summed E-state index contributed by atoms with van der Waals surface area (Å²) in [7, 11) is 0. The third kappa shape index (κ3) is 3.49. The Balaban J connectivity index is 1.42. The van der Waals surface area contributed by atoms with Crippen LogP contribution < -0.4 is 0 Å². The molecule has 0 aliphatic heterocycles. The number of pyridine rings is 1. The summed E-state index contributed by atoms with van der Waals surface area (Å²) < 4.78 is 2.66. The Morgan fingerprint density at radius 1 is 0.410 bits per heavy atom. The van der Waals surface area contributed by atoms with Gasteiger partial charge in [0.15, 0.2) is 0 Å². The molecule has 182 valence electrons. The number of rotatable bonds is 3. The minimum Gasteiger partial charge on any atom is -0.256 e. The first-order chi connectivity index (χ1) is 19.4. The van der Waals surface area contributed by atoms with Crippen LogP contribution in [-0.4, -0.2) is 4.98 Å². The van der Waals surface area contributed by atoms with Crippen LogP contribution in [0.25, 0.3) is 75.2 Å². The molecule has 0 aliphatic carbocycles. The smallest absolute Gasteiger partial charge is 0.0786 e. The molecule has 0 saturated heterocycles. The van der Waals surface area contributed by atoms with Crippen molar-refractivity contribution in [3.63, 3.8) is 0 Å². The molecule has 0 atom stereocenters. The molecule has 39 heavy (non-hydrogen) atoms. The van der Waals surface area contributed by atoms with Crippen molar-refractivity contribution in [2.45, 2.75) is 0 Å². The van der Waals surface area contributed by atoms with Gasteiger partial charge in [-0.05, 0) is 39.3 Å². The number of fused-ring (bicyclic) bond motifs is 6. The van der Waals surface area contributed by atoms with Gasteiger partial charge in [-0.2, -0.15) is 0 Å². The van der Waals surface area contributed by atoms with Gasteiger partial charge in [0, 0.05) is 42.7 Å². The van der Waals surface area contributed by atoms with Crippen LogP contribution in [0.4, 0.5) is 0 Å². The number of hydrogen-bond acceptors (Lipinski definition) is 2. The van der Waals surface area contributed by atoms with E-state index in [1.807, 2.05) is 23.6 Å². The lowest BCUT2D eigenvalue weighted by Gasteiger charge is -2.14. The van der Waals surface area contributed by atoms with Gasteiger partial charge in [0.25, 0.3) is 0 Å². The average Bonchev–Trinajstić information content (AvgIpc) is 3.40. The van der Waals surface area contributed by atoms with Crippen LogP contribution in [0.1, 0.15) is 0 Å². The third-order valence-electron chi connectivity index (χ3n) is 7.73. The number of nitrogens with zero attached hydrogens (tertiary/aromatic N) is 1. The minimum absolute atomic E-state index is 1.05. The summed E-state index contributed by atoms with van der Waals surface area (Å²) in [5, 5.41) is 6.20. The molecular weight excluding hydrogens is 490 g/mol. The third-order valence-corrected chi connectivity index (χ3v) is 9.02. The van der Waals surface area contributed by atoms with Gasteiger partial charge in [-0.1, -0.05) is 127 Å². The van der Waals surface area contributed by atoms with Crippen LogP contribution >= 0.6 is 11.3 Å². The fraction of sp³-hybridized carbons (Fsp3) is 0. The van der Waals surface area contributed by atoms with E-state index in [1.165, 1.54) is 64.3 Å². The summed E-state index contributed by atoms with van der Waals surface area (Å²) in [6.45, 7) is 0. The summed E-state index contributed by atoms with van der Waals surface area (Å²) in [6.07, 6.45) is 1.90. The summed E-state index contributed by atoms with van der Waals surface area (Å²) in [4.78, 5) is 4.82. The predicted molar refractivity (Wildman–Crippen MR) is 168 cm³/mol. The van der Waals surface area contributed by atoms with Gasteiger partial charge >= 0.3 is 0 Å². The first kappa shape index (κ1) is 22.2. The van der Waals surface area contributed by atoms with Crippen LogP contribution in [-0.2, 0) is 0 Å². The first-order valence-corrected chi connectivity index (χ1v) is 14.0. The lowest BCUT2D eigenvalue weighted by atomic mass is 9.90. The van der Waals surface area contributed by atoms with Crippen LogP contribution in [0.15, 0.2) is 140 Å². The van der Waals surface area contributed by atoms with Crippen molar-refractivity contribution in [3.8, 4) is 33.4 Å². The monoisotopic (exact) mass is 513 g/mol. The van der Waals surface area contributed by atoms with Crippen LogP contribution in [0, 0.1) is 0 Å². The molecule has 8 rings (SSSR count). The lowest BCUT2D eigenvalue weighted by Crippen LogP contribution is -1.89. The molecule has 1 nitrogen and oxygen atoms in total. The van der Waals surface area contributed by atoms with Crippen molar-refractivity contribution < 1.29 is 0 Å². The van der Waals surface area contributed by atoms with E-state index < -0.39 is 0 Å². The molecule has 0 spiro atoms. The SMILES string of the molecule is c1ccc(-c2cccc3c2sc2c(-c4ccccc4-c4cccc5ccc6cccnc6c45)cccc23)cc1.